The molecule has 0 aromatic carbocycles. The summed E-state index contributed by atoms with van der Waals surface area (Å²) in [5.41, 5.74) is 0. The van der Waals surface area contributed by atoms with Gasteiger partial charge in [0.2, 0.25) is 0 Å². The van der Waals surface area contributed by atoms with Gasteiger partial charge < -0.3 is 0 Å². The smallest absolute Gasteiger partial charge is 0.300 e. The van der Waals surface area contributed by atoms with E-state index in [1.807, 2.05) is 11.8 Å². The Labute approximate surface area is 141 Å². The van der Waals surface area contributed by atoms with Crippen LogP contribution in [0.5, 0.6) is 0 Å². The van der Waals surface area contributed by atoms with E-state index in [9.17, 15) is 4.57 Å². The molecule has 0 aliphatic heterocycles. The largest absolute Gasteiger partial charge is 0.389 e. The molecular formula is C12H27O3PS4. The van der Waals surface area contributed by atoms with Gasteiger partial charge in [0.1, 0.15) is 0 Å². The Morgan fingerprint density at radius 2 is 1.20 bits per heavy atom. The van der Waals surface area contributed by atoms with Gasteiger partial charge in [-0.15, -0.1) is 0 Å². The molecule has 0 aromatic heterocycles. The quantitative estimate of drug-likeness (QED) is 0.289. The molecule has 3 nitrogen and oxygen atoms in total. The topological polar surface area (TPSA) is 35.5 Å². The van der Waals surface area contributed by atoms with Gasteiger partial charge in [-0.05, 0) is 28.6 Å². The molecule has 0 rings (SSSR count). The highest BCUT2D eigenvalue weighted by molar-refractivity contribution is 8.55. The summed E-state index contributed by atoms with van der Waals surface area (Å²) in [5.74, 6) is 6.76. The summed E-state index contributed by atoms with van der Waals surface area (Å²) in [6.07, 6.45) is 0. The van der Waals surface area contributed by atoms with Crippen LogP contribution in [0.1, 0.15) is 20.8 Å². The SMILES string of the molecule is CCSCCOP(=O)(OCCSCC)SCCSCC. The minimum Gasteiger partial charge on any atom is -0.300 e. The molecule has 20 heavy (non-hydrogen) atoms. The van der Waals surface area contributed by atoms with Crippen molar-refractivity contribution in [2.75, 3.05) is 53.5 Å². The Bertz CT molecular complexity index is 219. The molecule has 0 aliphatic rings. The third-order valence-corrected chi connectivity index (χ3v) is 8.76. The number of rotatable bonds is 15. The van der Waals surface area contributed by atoms with Crippen LogP contribution in [0.3, 0.4) is 0 Å². The Morgan fingerprint density at radius 3 is 1.65 bits per heavy atom. The molecule has 0 aliphatic carbocycles. The van der Waals surface area contributed by atoms with Crippen LogP contribution in [0.15, 0.2) is 0 Å². The van der Waals surface area contributed by atoms with Crippen LogP contribution in [0, 0.1) is 0 Å². The highest BCUT2D eigenvalue weighted by Gasteiger charge is 2.25. The first-order valence-corrected chi connectivity index (χ1v) is 13.5. The van der Waals surface area contributed by atoms with Gasteiger partial charge in [-0.25, -0.2) is 4.57 Å². The van der Waals surface area contributed by atoms with Gasteiger partial charge in [-0.1, -0.05) is 20.8 Å². The molecule has 122 valence electrons. The number of hydrogen-bond donors (Lipinski definition) is 0. The minimum absolute atomic E-state index is 0.505. The average Bonchev–Trinajstić information content (AvgIpc) is 2.45. The Morgan fingerprint density at radius 1 is 0.750 bits per heavy atom. The van der Waals surface area contributed by atoms with Crippen LogP contribution in [0.2, 0.25) is 0 Å². The molecule has 0 saturated carbocycles. The molecule has 0 amide bonds. The molecule has 0 unspecified atom stereocenters. The first-order chi connectivity index (χ1) is 9.68. The van der Waals surface area contributed by atoms with Crippen molar-refractivity contribution in [3.8, 4) is 0 Å². The lowest BCUT2D eigenvalue weighted by atomic mass is 10.9. The lowest BCUT2D eigenvalue weighted by Crippen LogP contribution is -2.02. The zero-order valence-electron chi connectivity index (χ0n) is 12.7. The Balaban J connectivity index is 4.02. The van der Waals surface area contributed by atoms with E-state index in [1.54, 1.807) is 23.5 Å². The second kappa shape index (κ2) is 15.4. The molecule has 0 spiro atoms. The summed E-state index contributed by atoms with van der Waals surface area (Å²) in [4.78, 5) is 0. The van der Waals surface area contributed by atoms with E-state index in [0.717, 1.165) is 40.3 Å². The van der Waals surface area contributed by atoms with Crippen LogP contribution in [-0.4, -0.2) is 53.5 Å². The van der Waals surface area contributed by atoms with Crippen LogP contribution in [-0.2, 0) is 13.6 Å². The number of hydrogen-bond acceptors (Lipinski definition) is 7. The standard InChI is InChI=1S/C12H27O3PS4/c1-4-17-9-7-14-16(13,15-8-10-18-5-2)20-12-11-19-6-3/h4-12H2,1-3H3. The van der Waals surface area contributed by atoms with Crippen molar-refractivity contribution < 1.29 is 13.6 Å². The van der Waals surface area contributed by atoms with E-state index in [2.05, 4.69) is 20.8 Å². The highest BCUT2D eigenvalue weighted by atomic mass is 32.7. The molecule has 0 fully saturated rings. The second-order valence-electron chi connectivity index (χ2n) is 3.54. The van der Waals surface area contributed by atoms with E-state index in [1.165, 1.54) is 11.4 Å². The minimum atomic E-state index is -2.96. The van der Waals surface area contributed by atoms with Crippen molar-refractivity contribution in [1.29, 1.82) is 0 Å². The van der Waals surface area contributed by atoms with Gasteiger partial charge in [0, 0.05) is 23.0 Å². The Kier molecular flexibility index (Phi) is 16.6. The van der Waals surface area contributed by atoms with Gasteiger partial charge in [-0.3, -0.25) is 9.05 Å². The third kappa shape index (κ3) is 13.2. The summed E-state index contributed by atoms with van der Waals surface area (Å²) in [5, 5.41) is 0. The molecule has 0 aromatic rings. The molecule has 0 heterocycles. The van der Waals surface area contributed by atoms with Crippen molar-refractivity contribution >= 4 is 53.5 Å². The monoisotopic (exact) mass is 378 g/mol. The van der Waals surface area contributed by atoms with Crippen molar-refractivity contribution in [2.24, 2.45) is 0 Å². The van der Waals surface area contributed by atoms with E-state index in [0.29, 0.717) is 13.2 Å². The highest BCUT2D eigenvalue weighted by Crippen LogP contribution is 2.60. The molecule has 0 radical (unpaired) electrons. The molecule has 8 heteroatoms. The molecule has 0 saturated heterocycles. The van der Waals surface area contributed by atoms with Crippen LogP contribution in [0.25, 0.3) is 0 Å². The lowest BCUT2D eigenvalue weighted by Gasteiger charge is -2.17. The fraction of sp³-hybridized carbons (Fsp3) is 1.00. The average molecular weight is 379 g/mol. The van der Waals surface area contributed by atoms with Gasteiger partial charge in [0.05, 0.1) is 13.2 Å². The van der Waals surface area contributed by atoms with Gasteiger partial charge in [0.25, 0.3) is 0 Å². The van der Waals surface area contributed by atoms with E-state index >= 15 is 0 Å². The third-order valence-electron chi connectivity index (χ3n) is 2.04. The fourth-order valence-electron chi connectivity index (χ4n) is 1.17. The predicted octanol–water partition coefficient (Wildman–Crippen LogP) is 5.12. The van der Waals surface area contributed by atoms with E-state index in [-0.39, 0.29) is 0 Å². The van der Waals surface area contributed by atoms with Crippen LogP contribution < -0.4 is 0 Å². The Hall–Kier alpha value is 1.55. The lowest BCUT2D eigenvalue weighted by molar-refractivity contribution is 0.240. The van der Waals surface area contributed by atoms with Gasteiger partial charge in [0.15, 0.2) is 0 Å². The maximum absolute atomic E-state index is 12.6. The summed E-state index contributed by atoms with van der Waals surface area (Å²) in [6.45, 7) is 4.40. The molecular weight excluding hydrogens is 351 g/mol. The zero-order valence-corrected chi connectivity index (χ0v) is 16.8. The summed E-state index contributed by atoms with van der Waals surface area (Å²) in [7, 11) is 0. The van der Waals surface area contributed by atoms with Crippen LogP contribution in [0.4, 0.5) is 0 Å². The fourth-order valence-corrected chi connectivity index (χ4v) is 6.77. The van der Waals surface area contributed by atoms with Gasteiger partial charge in [-0.2, -0.15) is 35.3 Å². The van der Waals surface area contributed by atoms with Crippen molar-refractivity contribution in [3.05, 3.63) is 0 Å². The van der Waals surface area contributed by atoms with Crippen LogP contribution >= 0.6 is 53.5 Å². The first-order valence-electron chi connectivity index (χ1n) is 6.95. The van der Waals surface area contributed by atoms with E-state index in [4.69, 9.17) is 9.05 Å². The normalized spacial score (nSPS) is 11.9. The van der Waals surface area contributed by atoms with Crippen molar-refractivity contribution in [2.45, 2.75) is 20.8 Å². The number of thioether (sulfide) groups is 3. The summed E-state index contributed by atoms with van der Waals surface area (Å²) in [6, 6.07) is 0. The molecule has 0 N–H and O–H groups in total. The maximum atomic E-state index is 12.6. The summed E-state index contributed by atoms with van der Waals surface area (Å²) < 4.78 is 23.7. The van der Waals surface area contributed by atoms with Gasteiger partial charge >= 0.3 is 6.80 Å². The molecule has 0 bridgehead atoms. The van der Waals surface area contributed by atoms with Crippen molar-refractivity contribution in [3.63, 3.8) is 0 Å². The zero-order chi connectivity index (χ0) is 15.1. The molecule has 0 atom stereocenters. The van der Waals surface area contributed by atoms with Crippen molar-refractivity contribution in [1.82, 2.24) is 0 Å². The predicted molar refractivity (Wildman–Crippen MR) is 101 cm³/mol. The maximum Gasteiger partial charge on any atom is 0.389 e. The first kappa shape index (κ1) is 21.6. The van der Waals surface area contributed by atoms with E-state index < -0.39 is 6.80 Å². The second-order valence-corrected chi connectivity index (χ2v) is 11.9. The summed E-state index contributed by atoms with van der Waals surface area (Å²) >= 11 is 6.79.